The molecule has 1 aromatic rings. The van der Waals surface area contributed by atoms with Gasteiger partial charge in [-0.05, 0) is 66.5 Å². The quantitative estimate of drug-likeness (QED) is 0.380. The van der Waals surface area contributed by atoms with Crippen LogP contribution in [0.2, 0.25) is 0 Å². The molecule has 3 rings (SSSR count). The third-order valence-corrected chi connectivity index (χ3v) is 8.07. The fraction of sp³-hybridized carbons (Fsp3) is 0.542. The van der Waals surface area contributed by atoms with Crippen LogP contribution in [0.5, 0.6) is 0 Å². The maximum Gasteiger partial charge on any atom is 0.421 e. The molecule has 0 radical (unpaired) electrons. The summed E-state index contributed by atoms with van der Waals surface area (Å²) in [5.74, 6) is -1.12. The Balaban J connectivity index is 1.65. The molecule has 2 N–H and O–H groups in total. The highest BCUT2D eigenvalue weighted by atomic mass is 32.2. The van der Waals surface area contributed by atoms with Gasteiger partial charge in [0, 0.05) is 18.2 Å². The summed E-state index contributed by atoms with van der Waals surface area (Å²) in [6, 6.07) is 4.91. The third kappa shape index (κ3) is 6.58. The van der Waals surface area contributed by atoms with Gasteiger partial charge in [0.15, 0.2) is 0 Å². The van der Waals surface area contributed by atoms with Gasteiger partial charge in [-0.15, -0.1) is 4.91 Å². The predicted octanol–water partition coefficient (Wildman–Crippen LogP) is 5.52. The van der Waals surface area contributed by atoms with Crippen molar-refractivity contribution in [2.75, 3.05) is 5.32 Å². The molecule has 192 valence electrons. The maximum absolute atomic E-state index is 13.9. The molecule has 2 aliphatic carbocycles. The number of anilines is 1. The van der Waals surface area contributed by atoms with E-state index >= 15 is 0 Å². The Labute approximate surface area is 203 Å². The average Bonchev–Trinajstić information content (AvgIpc) is 3.60. The second-order valence-electron chi connectivity index (χ2n) is 9.37. The van der Waals surface area contributed by atoms with E-state index in [0.717, 1.165) is 25.0 Å². The first kappa shape index (κ1) is 27.1. The summed E-state index contributed by atoms with van der Waals surface area (Å²) in [5, 5.41) is 5.16. The Morgan fingerprint density at radius 2 is 1.86 bits per heavy atom. The van der Waals surface area contributed by atoms with Crippen molar-refractivity contribution in [1.29, 1.82) is 0 Å². The normalized spacial score (nSPS) is 21.1. The number of amides is 1. The van der Waals surface area contributed by atoms with Gasteiger partial charge in [0.1, 0.15) is 0 Å². The zero-order chi connectivity index (χ0) is 25.9. The lowest BCUT2D eigenvalue weighted by Gasteiger charge is -2.31. The predicted molar refractivity (Wildman–Crippen MR) is 128 cm³/mol. The minimum atomic E-state index is -4.86. The van der Waals surface area contributed by atoms with Crippen molar-refractivity contribution < 1.29 is 26.4 Å². The monoisotopic (exact) mass is 513 g/mol. The van der Waals surface area contributed by atoms with Crippen LogP contribution in [0.1, 0.15) is 57.9 Å². The summed E-state index contributed by atoms with van der Waals surface area (Å²) in [7, 11) is -3.59. The van der Waals surface area contributed by atoms with Gasteiger partial charge < -0.3 is 5.32 Å². The maximum atomic E-state index is 13.9. The third-order valence-electron chi connectivity index (χ3n) is 6.43. The fourth-order valence-electron chi connectivity index (χ4n) is 4.02. The Hall–Kier alpha value is -2.53. The van der Waals surface area contributed by atoms with Crippen molar-refractivity contribution >= 4 is 21.6 Å². The number of hydrogen-bond acceptors (Lipinski definition) is 5. The Morgan fingerprint density at radius 3 is 2.40 bits per heavy atom. The lowest BCUT2D eigenvalue weighted by Crippen LogP contribution is -2.41. The molecule has 0 aliphatic heterocycles. The second kappa shape index (κ2) is 10.6. The smallest absolute Gasteiger partial charge is 0.326 e. The first-order chi connectivity index (χ1) is 16.4. The molecule has 1 fully saturated rings. The number of rotatable bonds is 11. The average molecular weight is 514 g/mol. The van der Waals surface area contributed by atoms with E-state index in [2.05, 4.69) is 15.2 Å². The molecule has 7 nitrogen and oxygen atoms in total. The van der Waals surface area contributed by atoms with E-state index in [1.807, 2.05) is 0 Å². The number of halogens is 3. The molecule has 0 aromatic heterocycles. The Morgan fingerprint density at radius 1 is 1.20 bits per heavy atom. The number of carbonyl (C=O) groups is 1. The number of nitrogens with zero attached hydrogens (tertiary/aromatic N) is 1. The lowest BCUT2D eigenvalue weighted by molar-refractivity contribution is -0.194. The molecule has 3 unspecified atom stereocenters. The summed E-state index contributed by atoms with van der Waals surface area (Å²) in [5.41, 5.74) is -2.87. The number of benzene rings is 1. The van der Waals surface area contributed by atoms with E-state index in [-0.39, 0.29) is 46.9 Å². The minimum absolute atomic E-state index is 0.00490. The van der Waals surface area contributed by atoms with Crippen LogP contribution in [0.25, 0.3) is 0 Å². The van der Waals surface area contributed by atoms with Gasteiger partial charge in [-0.3, -0.25) is 4.79 Å². The molecule has 1 saturated carbocycles. The molecule has 11 heteroatoms. The number of alkyl halides is 3. The van der Waals surface area contributed by atoms with Crippen LogP contribution in [0, 0.1) is 16.7 Å². The van der Waals surface area contributed by atoms with Crippen LogP contribution in [0.4, 0.5) is 18.9 Å². The molecular weight excluding hydrogens is 483 g/mol. The summed E-state index contributed by atoms with van der Waals surface area (Å²) >= 11 is 0. The largest absolute Gasteiger partial charge is 0.421 e. The van der Waals surface area contributed by atoms with Crippen LogP contribution < -0.4 is 10.0 Å². The Bertz CT molecular complexity index is 1100. The van der Waals surface area contributed by atoms with E-state index in [4.69, 9.17) is 0 Å². The second-order valence-corrected chi connectivity index (χ2v) is 11.1. The lowest BCUT2D eigenvalue weighted by atomic mass is 9.81. The molecule has 0 spiro atoms. The SMILES string of the molecule is CCC(C)CC(N=O)(c1ccc(NC(=O)CC2C=CC=C(S(=O)(=O)NC3CC3)C2)cc1)C(F)(F)F. The highest BCUT2D eigenvalue weighted by Crippen LogP contribution is 2.47. The first-order valence-electron chi connectivity index (χ1n) is 11.6. The van der Waals surface area contributed by atoms with Crippen LogP contribution in [0.15, 0.2) is 52.6 Å². The van der Waals surface area contributed by atoms with Crippen LogP contribution in [0.3, 0.4) is 0 Å². The molecule has 0 heterocycles. The van der Waals surface area contributed by atoms with E-state index in [9.17, 15) is 31.3 Å². The van der Waals surface area contributed by atoms with Gasteiger partial charge >= 0.3 is 6.18 Å². The molecule has 1 amide bonds. The van der Waals surface area contributed by atoms with Crippen LogP contribution >= 0.6 is 0 Å². The van der Waals surface area contributed by atoms with Crippen molar-refractivity contribution in [3.05, 3.63) is 57.9 Å². The van der Waals surface area contributed by atoms with Crippen molar-refractivity contribution in [3.8, 4) is 0 Å². The van der Waals surface area contributed by atoms with Gasteiger partial charge in [0.05, 0.1) is 4.91 Å². The van der Waals surface area contributed by atoms with Crippen molar-refractivity contribution in [2.45, 2.75) is 70.1 Å². The van der Waals surface area contributed by atoms with Crippen molar-refractivity contribution in [1.82, 2.24) is 4.72 Å². The topological polar surface area (TPSA) is 105 Å². The summed E-state index contributed by atoms with van der Waals surface area (Å²) in [6.45, 7) is 3.38. The zero-order valence-electron chi connectivity index (χ0n) is 19.6. The highest BCUT2D eigenvalue weighted by molar-refractivity contribution is 7.93. The van der Waals surface area contributed by atoms with E-state index in [1.54, 1.807) is 26.0 Å². The Kier molecular flexibility index (Phi) is 8.21. The first-order valence-corrected chi connectivity index (χ1v) is 13.1. The van der Waals surface area contributed by atoms with E-state index < -0.39 is 34.1 Å². The van der Waals surface area contributed by atoms with Crippen molar-refractivity contribution in [3.63, 3.8) is 0 Å². The van der Waals surface area contributed by atoms with Gasteiger partial charge in [-0.25, -0.2) is 13.1 Å². The molecule has 0 bridgehead atoms. The van der Waals surface area contributed by atoms with Gasteiger partial charge in [0.25, 0.3) is 0 Å². The van der Waals surface area contributed by atoms with Gasteiger partial charge in [-0.2, -0.15) is 13.2 Å². The standard InChI is InChI=1S/C24H30F3N3O4S/c1-3-16(2)15-23(30-32,24(25,26)27)18-7-9-19(10-8-18)28-22(31)14-17-5-4-6-21(13-17)35(33,34)29-20-11-12-20/h4-10,16-17,20,29H,3,11-15H2,1-2H3,(H,28,31). The summed E-state index contributed by atoms with van der Waals surface area (Å²) in [4.78, 5) is 24.2. The molecule has 3 atom stereocenters. The molecule has 2 aliphatic rings. The van der Waals surface area contributed by atoms with Gasteiger partial charge in [-0.1, -0.05) is 44.6 Å². The number of sulfonamides is 1. The molecule has 35 heavy (non-hydrogen) atoms. The molecular formula is C24H30F3N3O4S. The number of nitroso groups, excluding NO2 is 1. The number of hydrogen-bond donors (Lipinski definition) is 2. The van der Waals surface area contributed by atoms with E-state index in [0.29, 0.717) is 6.42 Å². The molecule has 0 saturated heterocycles. The summed E-state index contributed by atoms with van der Waals surface area (Å²) in [6.07, 6.45) is 1.83. The number of carbonyl (C=O) groups excluding carboxylic acids is 1. The fourth-order valence-corrected chi connectivity index (χ4v) is 5.53. The summed E-state index contributed by atoms with van der Waals surface area (Å²) < 4.78 is 69.2. The number of allylic oxidation sites excluding steroid dienone is 4. The van der Waals surface area contributed by atoms with Crippen LogP contribution in [-0.4, -0.2) is 26.5 Å². The van der Waals surface area contributed by atoms with Crippen molar-refractivity contribution in [2.24, 2.45) is 17.0 Å². The van der Waals surface area contributed by atoms with Crippen LogP contribution in [-0.2, 0) is 20.4 Å². The van der Waals surface area contributed by atoms with E-state index in [1.165, 1.54) is 18.2 Å². The zero-order valence-corrected chi connectivity index (χ0v) is 20.5. The number of nitrogens with one attached hydrogen (secondary N) is 2. The van der Waals surface area contributed by atoms with Gasteiger partial charge in [0.2, 0.25) is 21.5 Å². The minimum Gasteiger partial charge on any atom is -0.326 e. The molecule has 1 aromatic carbocycles. The highest BCUT2D eigenvalue weighted by Gasteiger charge is 2.58.